The lowest BCUT2D eigenvalue weighted by Crippen LogP contribution is -2.44. The molecular weight excluding hydrogens is 240 g/mol. The summed E-state index contributed by atoms with van der Waals surface area (Å²) in [6.07, 6.45) is 1.95. The second-order valence-corrected chi connectivity index (χ2v) is 4.88. The third-order valence-corrected chi connectivity index (χ3v) is 3.77. The highest BCUT2D eigenvalue weighted by molar-refractivity contribution is 5.76. The Labute approximate surface area is 114 Å². The number of nitrogens with one attached hydrogen (secondary N) is 1. The van der Waals surface area contributed by atoms with Gasteiger partial charge in [0, 0.05) is 18.7 Å². The molecule has 1 aliphatic carbocycles. The molecule has 0 heterocycles. The van der Waals surface area contributed by atoms with Gasteiger partial charge < -0.3 is 15.0 Å². The van der Waals surface area contributed by atoms with Crippen molar-refractivity contribution in [2.75, 3.05) is 20.2 Å². The Morgan fingerprint density at radius 3 is 2.47 bits per heavy atom. The number of para-hydroxylation sites is 1. The van der Waals surface area contributed by atoms with Gasteiger partial charge in [0.2, 0.25) is 0 Å². The van der Waals surface area contributed by atoms with Crippen LogP contribution in [-0.2, 0) is 5.54 Å². The van der Waals surface area contributed by atoms with Gasteiger partial charge >= 0.3 is 6.03 Å². The standard InChI is InChI=1S/C15H22N2O2/c1-4-17(5-2)14(18)16-15(10-11-15)12-8-6-7-9-13(12)19-3/h6-9H,4-5,10-11H2,1-3H3,(H,16,18). The van der Waals surface area contributed by atoms with E-state index in [1.165, 1.54) is 0 Å². The summed E-state index contributed by atoms with van der Waals surface area (Å²) < 4.78 is 5.40. The van der Waals surface area contributed by atoms with Gasteiger partial charge in [-0.1, -0.05) is 18.2 Å². The molecule has 4 nitrogen and oxygen atoms in total. The van der Waals surface area contributed by atoms with E-state index in [1.807, 2.05) is 38.1 Å². The van der Waals surface area contributed by atoms with Gasteiger partial charge in [0.1, 0.15) is 5.75 Å². The minimum Gasteiger partial charge on any atom is -0.496 e. The van der Waals surface area contributed by atoms with Gasteiger partial charge in [-0.05, 0) is 32.8 Å². The van der Waals surface area contributed by atoms with Gasteiger partial charge in [-0.25, -0.2) is 4.79 Å². The number of methoxy groups -OCH3 is 1. The molecule has 2 amide bonds. The maximum atomic E-state index is 12.2. The first-order valence-corrected chi connectivity index (χ1v) is 6.87. The second-order valence-electron chi connectivity index (χ2n) is 4.88. The van der Waals surface area contributed by atoms with Crippen molar-refractivity contribution in [3.63, 3.8) is 0 Å². The van der Waals surface area contributed by atoms with E-state index in [1.54, 1.807) is 12.0 Å². The third-order valence-electron chi connectivity index (χ3n) is 3.77. The number of ether oxygens (including phenoxy) is 1. The number of nitrogens with zero attached hydrogens (tertiary/aromatic N) is 1. The van der Waals surface area contributed by atoms with E-state index in [-0.39, 0.29) is 11.6 Å². The second kappa shape index (κ2) is 5.51. The maximum absolute atomic E-state index is 12.2. The first-order valence-electron chi connectivity index (χ1n) is 6.87. The number of amides is 2. The van der Waals surface area contributed by atoms with Crippen molar-refractivity contribution in [2.45, 2.75) is 32.2 Å². The zero-order valence-electron chi connectivity index (χ0n) is 11.9. The van der Waals surface area contributed by atoms with Crippen molar-refractivity contribution in [3.8, 4) is 5.75 Å². The van der Waals surface area contributed by atoms with Crippen LogP contribution in [0.2, 0.25) is 0 Å². The van der Waals surface area contributed by atoms with Gasteiger partial charge in [0.05, 0.1) is 12.6 Å². The molecule has 1 N–H and O–H groups in total. The van der Waals surface area contributed by atoms with Crippen LogP contribution >= 0.6 is 0 Å². The number of carbonyl (C=O) groups is 1. The van der Waals surface area contributed by atoms with E-state index in [2.05, 4.69) is 5.32 Å². The topological polar surface area (TPSA) is 41.6 Å². The highest BCUT2D eigenvalue weighted by atomic mass is 16.5. The molecule has 1 fully saturated rings. The Kier molecular flexibility index (Phi) is 3.98. The smallest absolute Gasteiger partial charge is 0.318 e. The van der Waals surface area contributed by atoms with Crippen LogP contribution in [0.25, 0.3) is 0 Å². The van der Waals surface area contributed by atoms with Gasteiger partial charge in [-0.3, -0.25) is 0 Å². The van der Waals surface area contributed by atoms with Gasteiger partial charge in [0.15, 0.2) is 0 Å². The molecule has 1 saturated carbocycles. The van der Waals surface area contributed by atoms with Crippen LogP contribution in [0.4, 0.5) is 4.79 Å². The van der Waals surface area contributed by atoms with Gasteiger partial charge in [-0.15, -0.1) is 0 Å². The lowest BCUT2D eigenvalue weighted by Gasteiger charge is -2.25. The summed E-state index contributed by atoms with van der Waals surface area (Å²) in [5.41, 5.74) is 0.852. The Balaban J connectivity index is 2.17. The molecule has 104 valence electrons. The Morgan fingerprint density at radius 2 is 1.95 bits per heavy atom. The molecule has 0 spiro atoms. The fourth-order valence-corrected chi connectivity index (χ4v) is 2.42. The number of urea groups is 1. The summed E-state index contributed by atoms with van der Waals surface area (Å²) in [4.78, 5) is 14.0. The lowest BCUT2D eigenvalue weighted by molar-refractivity contribution is 0.197. The molecule has 4 heteroatoms. The SMILES string of the molecule is CCN(CC)C(=O)NC1(c2ccccc2OC)CC1. The van der Waals surface area contributed by atoms with Gasteiger partial charge in [-0.2, -0.15) is 0 Å². The summed E-state index contributed by atoms with van der Waals surface area (Å²) in [7, 11) is 1.67. The van der Waals surface area contributed by atoms with E-state index in [4.69, 9.17) is 4.74 Å². The molecule has 0 radical (unpaired) electrons. The Hall–Kier alpha value is -1.71. The first kappa shape index (κ1) is 13.7. The van der Waals surface area contributed by atoms with Crippen molar-refractivity contribution < 1.29 is 9.53 Å². The normalized spacial score (nSPS) is 15.7. The molecule has 1 aromatic rings. The summed E-state index contributed by atoms with van der Waals surface area (Å²) in [5, 5.41) is 3.17. The predicted molar refractivity (Wildman–Crippen MR) is 75.4 cm³/mol. The third kappa shape index (κ3) is 2.67. The molecule has 0 saturated heterocycles. The number of rotatable bonds is 5. The predicted octanol–water partition coefficient (Wildman–Crippen LogP) is 2.74. The van der Waals surface area contributed by atoms with E-state index in [9.17, 15) is 4.79 Å². The van der Waals surface area contributed by atoms with E-state index in [0.717, 1.165) is 37.2 Å². The molecule has 0 bridgehead atoms. The summed E-state index contributed by atoms with van der Waals surface area (Å²) >= 11 is 0. The average molecular weight is 262 g/mol. The lowest BCUT2D eigenvalue weighted by atomic mass is 10.0. The Morgan fingerprint density at radius 1 is 1.32 bits per heavy atom. The van der Waals surface area contributed by atoms with E-state index in [0.29, 0.717) is 0 Å². The first-order chi connectivity index (χ1) is 9.16. The van der Waals surface area contributed by atoms with Crippen LogP contribution in [0, 0.1) is 0 Å². The fourth-order valence-electron chi connectivity index (χ4n) is 2.42. The van der Waals surface area contributed by atoms with Crippen LogP contribution in [0.3, 0.4) is 0 Å². The van der Waals surface area contributed by atoms with Crippen molar-refractivity contribution >= 4 is 6.03 Å². The van der Waals surface area contributed by atoms with Crippen LogP contribution in [0.15, 0.2) is 24.3 Å². The zero-order valence-corrected chi connectivity index (χ0v) is 11.9. The van der Waals surface area contributed by atoms with Crippen molar-refractivity contribution in [1.29, 1.82) is 0 Å². The molecule has 0 unspecified atom stereocenters. The van der Waals surface area contributed by atoms with Crippen LogP contribution in [0.1, 0.15) is 32.3 Å². The highest BCUT2D eigenvalue weighted by Gasteiger charge is 2.47. The molecule has 0 atom stereocenters. The van der Waals surface area contributed by atoms with E-state index < -0.39 is 0 Å². The molecule has 19 heavy (non-hydrogen) atoms. The largest absolute Gasteiger partial charge is 0.496 e. The fraction of sp³-hybridized carbons (Fsp3) is 0.533. The average Bonchev–Trinajstić information content (AvgIpc) is 3.20. The number of hydrogen-bond acceptors (Lipinski definition) is 2. The summed E-state index contributed by atoms with van der Waals surface area (Å²) in [6.45, 7) is 5.44. The minimum absolute atomic E-state index is 0.00778. The molecule has 2 rings (SSSR count). The quantitative estimate of drug-likeness (QED) is 0.886. The van der Waals surface area contributed by atoms with Gasteiger partial charge in [0.25, 0.3) is 0 Å². The minimum atomic E-state index is -0.230. The summed E-state index contributed by atoms with van der Waals surface area (Å²) in [6, 6.07) is 7.92. The Bertz CT molecular complexity index is 451. The molecule has 0 aliphatic heterocycles. The maximum Gasteiger partial charge on any atom is 0.318 e. The number of carbonyl (C=O) groups excluding carboxylic acids is 1. The van der Waals surface area contributed by atoms with Crippen molar-refractivity contribution in [3.05, 3.63) is 29.8 Å². The number of benzene rings is 1. The van der Waals surface area contributed by atoms with E-state index >= 15 is 0 Å². The molecule has 0 aromatic heterocycles. The molecular formula is C15H22N2O2. The number of hydrogen-bond donors (Lipinski definition) is 1. The zero-order chi connectivity index (χ0) is 13.9. The van der Waals surface area contributed by atoms with Crippen LogP contribution in [-0.4, -0.2) is 31.1 Å². The van der Waals surface area contributed by atoms with Crippen molar-refractivity contribution in [2.24, 2.45) is 0 Å². The van der Waals surface area contributed by atoms with Crippen molar-refractivity contribution in [1.82, 2.24) is 10.2 Å². The molecule has 1 aromatic carbocycles. The highest BCUT2D eigenvalue weighted by Crippen LogP contribution is 2.48. The summed E-state index contributed by atoms with van der Waals surface area (Å²) in [5.74, 6) is 0.847. The van der Waals surface area contributed by atoms with Crippen LogP contribution < -0.4 is 10.1 Å². The monoisotopic (exact) mass is 262 g/mol. The van der Waals surface area contributed by atoms with Crippen LogP contribution in [0.5, 0.6) is 5.75 Å². The molecule has 1 aliphatic rings.